The minimum Gasteiger partial charge on any atom is -0.489 e. The largest absolute Gasteiger partial charge is 0.489 e. The van der Waals surface area contributed by atoms with E-state index in [2.05, 4.69) is 5.32 Å². The quantitative estimate of drug-likeness (QED) is 0.854. The summed E-state index contributed by atoms with van der Waals surface area (Å²) in [5.74, 6) is 0.791. The molecule has 2 aromatic carbocycles. The highest BCUT2D eigenvalue weighted by Crippen LogP contribution is 2.16. The molecule has 0 saturated carbocycles. The number of carboxylic acid groups (broad SMARTS) is 1. The van der Waals surface area contributed by atoms with Crippen molar-refractivity contribution in [2.45, 2.75) is 26.0 Å². The van der Waals surface area contributed by atoms with Gasteiger partial charge in [0.2, 0.25) is 0 Å². The summed E-state index contributed by atoms with van der Waals surface area (Å²) in [5, 5.41) is 11.1. The third-order valence-electron chi connectivity index (χ3n) is 3.06. The van der Waals surface area contributed by atoms with Gasteiger partial charge in [-0.25, -0.2) is 4.79 Å². The molecule has 2 N–H and O–H groups in total. The van der Waals surface area contributed by atoms with Gasteiger partial charge in [0.25, 0.3) is 0 Å². The molecule has 0 radical (unpaired) electrons. The average molecular weight is 285 g/mol. The van der Waals surface area contributed by atoms with Gasteiger partial charge in [-0.05, 0) is 36.6 Å². The maximum Gasteiger partial charge on any atom is 0.404 e. The van der Waals surface area contributed by atoms with Crippen LogP contribution in [-0.2, 0) is 13.0 Å². The smallest absolute Gasteiger partial charge is 0.404 e. The summed E-state index contributed by atoms with van der Waals surface area (Å²) in [4.78, 5) is 10.6. The van der Waals surface area contributed by atoms with Crippen molar-refractivity contribution < 1.29 is 14.6 Å². The van der Waals surface area contributed by atoms with Gasteiger partial charge in [0, 0.05) is 6.04 Å². The van der Waals surface area contributed by atoms with Crippen molar-refractivity contribution >= 4 is 6.09 Å². The maximum atomic E-state index is 10.6. The van der Waals surface area contributed by atoms with Crippen molar-refractivity contribution in [1.82, 2.24) is 5.32 Å². The fourth-order valence-corrected chi connectivity index (χ4v) is 2.12. The molecule has 0 heterocycles. The van der Waals surface area contributed by atoms with E-state index in [1.165, 1.54) is 0 Å². The van der Waals surface area contributed by atoms with Crippen LogP contribution in [0.1, 0.15) is 18.1 Å². The van der Waals surface area contributed by atoms with E-state index >= 15 is 0 Å². The lowest BCUT2D eigenvalue weighted by atomic mass is 10.1. The number of amides is 1. The molecule has 1 amide bonds. The first-order chi connectivity index (χ1) is 10.1. The van der Waals surface area contributed by atoms with E-state index in [4.69, 9.17) is 9.84 Å². The summed E-state index contributed by atoms with van der Waals surface area (Å²) in [5.41, 5.74) is 2.16. The Balaban J connectivity index is 1.93. The van der Waals surface area contributed by atoms with Crippen LogP contribution in [0.3, 0.4) is 0 Å². The molecule has 4 heteroatoms. The number of hydrogen-bond acceptors (Lipinski definition) is 2. The van der Waals surface area contributed by atoms with Crippen molar-refractivity contribution in [2.24, 2.45) is 0 Å². The molecular formula is C17H19NO3. The first kappa shape index (κ1) is 14.9. The van der Waals surface area contributed by atoms with Crippen molar-refractivity contribution in [3.63, 3.8) is 0 Å². The topological polar surface area (TPSA) is 58.6 Å². The Morgan fingerprint density at radius 2 is 1.86 bits per heavy atom. The van der Waals surface area contributed by atoms with E-state index in [9.17, 15) is 4.79 Å². The molecule has 0 saturated heterocycles. The highest BCUT2D eigenvalue weighted by atomic mass is 16.5. The van der Waals surface area contributed by atoms with Crippen LogP contribution in [-0.4, -0.2) is 17.2 Å². The third kappa shape index (κ3) is 5.18. The normalized spacial score (nSPS) is 11.7. The fraction of sp³-hybridized carbons (Fsp3) is 0.235. The minimum atomic E-state index is -1.00. The van der Waals surface area contributed by atoms with Gasteiger partial charge in [-0.2, -0.15) is 0 Å². The predicted molar refractivity (Wildman–Crippen MR) is 81.5 cm³/mol. The Bertz CT molecular complexity index is 584. The van der Waals surface area contributed by atoms with Crippen molar-refractivity contribution in [1.29, 1.82) is 0 Å². The zero-order chi connectivity index (χ0) is 15.1. The molecule has 1 atom stereocenters. The Kier molecular flexibility index (Phi) is 5.21. The molecule has 0 spiro atoms. The van der Waals surface area contributed by atoms with E-state index in [0.717, 1.165) is 16.9 Å². The third-order valence-corrected chi connectivity index (χ3v) is 3.06. The Hall–Kier alpha value is -2.49. The Labute approximate surface area is 124 Å². The maximum absolute atomic E-state index is 10.6. The molecule has 21 heavy (non-hydrogen) atoms. The summed E-state index contributed by atoms with van der Waals surface area (Å²) in [7, 11) is 0. The van der Waals surface area contributed by atoms with Gasteiger partial charge < -0.3 is 15.2 Å². The van der Waals surface area contributed by atoms with Gasteiger partial charge in [0.05, 0.1) is 0 Å². The van der Waals surface area contributed by atoms with Gasteiger partial charge in [0.15, 0.2) is 0 Å². The van der Waals surface area contributed by atoms with Crippen LogP contribution >= 0.6 is 0 Å². The van der Waals surface area contributed by atoms with Crippen molar-refractivity contribution in [3.8, 4) is 5.75 Å². The fourth-order valence-electron chi connectivity index (χ4n) is 2.12. The van der Waals surface area contributed by atoms with Crippen LogP contribution in [0.4, 0.5) is 4.79 Å². The summed E-state index contributed by atoms with van der Waals surface area (Å²) in [6.45, 7) is 2.36. The Morgan fingerprint density at radius 1 is 1.14 bits per heavy atom. The lowest BCUT2D eigenvalue weighted by molar-refractivity contribution is 0.190. The van der Waals surface area contributed by atoms with Crippen LogP contribution < -0.4 is 10.1 Å². The average Bonchev–Trinajstić information content (AvgIpc) is 2.46. The number of nitrogens with one attached hydrogen (secondary N) is 1. The second-order valence-electron chi connectivity index (χ2n) is 4.98. The molecule has 1 unspecified atom stereocenters. The number of benzene rings is 2. The van der Waals surface area contributed by atoms with Crippen LogP contribution in [0.25, 0.3) is 0 Å². The molecule has 0 bridgehead atoms. The van der Waals surface area contributed by atoms with E-state index in [1.807, 2.05) is 61.5 Å². The van der Waals surface area contributed by atoms with Crippen LogP contribution in [0.5, 0.6) is 5.75 Å². The molecular weight excluding hydrogens is 266 g/mol. The van der Waals surface area contributed by atoms with E-state index in [1.54, 1.807) is 0 Å². The molecule has 0 aliphatic heterocycles. The second-order valence-corrected chi connectivity index (χ2v) is 4.98. The monoisotopic (exact) mass is 285 g/mol. The lowest BCUT2D eigenvalue weighted by Gasteiger charge is -2.12. The van der Waals surface area contributed by atoms with Gasteiger partial charge in [-0.1, -0.05) is 42.5 Å². The summed E-state index contributed by atoms with van der Waals surface area (Å²) in [6, 6.07) is 17.6. The van der Waals surface area contributed by atoms with Crippen LogP contribution in [0.2, 0.25) is 0 Å². The Morgan fingerprint density at radius 3 is 2.57 bits per heavy atom. The zero-order valence-corrected chi connectivity index (χ0v) is 12.0. The molecule has 110 valence electrons. The summed E-state index contributed by atoms with van der Waals surface area (Å²) >= 11 is 0. The summed E-state index contributed by atoms with van der Waals surface area (Å²) < 4.78 is 5.76. The van der Waals surface area contributed by atoms with Crippen molar-refractivity contribution in [3.05, 3.63) is 65.7 Å². The number of hydrogen-bond donors (Lipinski definition) is 2. The molecule has 4 nitrogen and oxygen atoms in total. The molecule has 0 aliphatic carbocycles. The molecule has 0 aromatic heterocycles. The van der Waals surface area contributed by atoms with E-state index in [-0.39, 0.29) is 6.04 Å². The second kappa shape index (κ2) is 7.33. The van der Waals surface area contributed by atoms with Crippen LogP contribution in [0, 0.1) is 0 Å². The highest BCUT2D eigenvalue weighted by molar-refractivity contribution is 5.64. The lowest BCUT2D eigenvalue weighted by Crippen LogP contribution is -2.32. The number of rotatable bonds is 6. The minimum absolute atomic E-state index is 0.133. The molecule has 2 aromatic rings. The van der Waals surface area contributed by atoms with Gasteiger partial charge in [0.1, 0.15) is 12.4 Å². The highest BCUT2D eigenvalue weighted by Gasteiger charge is 2.07. The molecule has 0 fully saturated rings. The van der Waals surface area contributed by atoms with E-state index < -0.39 is 6.09 Å². The van der Waals surface area contributed by atoms with Crippen LogP contribution in [0.15, 0.2) is 54.6 Å². The van der Waals surface area contributed by atoms with Gasteiger partial charge >= 0.3 is 6.09 Å². The van der Waals surface area contributed by atoms with Gasteiger partial charge in [-0.15, -0.1) is 0 Å². The first-order valence-electron chi connectivity index (χ1n) is 6.88. The number of ether oxygens (including phenoxy) is 1. The van der Waals surface area contributed by atoms with E-state index in [0.29, 0.717) is 13.0 Å². The van der Waals surface area contributed by atoms with Gasteiger partial charge in [-0.3, -0.25) is 0 Å². The number of carbonyl (C=O) groups is 1. The SMILES string of the molecule is CC(Cc1cccc(OCc2ccccc2)c1)NC(=O)O. The standard InChI is InChI=1S/C17H19NO3/c1-13(18-17(19)20)10-15-8-5-9-16(11-15)21-12-14-6-3-2-4-7-14/h2-9,11,13,18H,10,12H2,1H3,(H,19,20). The zero-order valence-electron chi connectivity index (χ0n) is 12.0. The molecule has 2 rings (SSSR count). The molecule has 0 aliphatic rings. The van der Waals surface area contributed by atoms with Crippen molar-refractivity contribution in [2.75, 3.05) is 0 Å². The first-order valence-corrected chi connectivity index (χ1v) is 6.88. The predicted octanol–water partition coefficient (Wildman–Crippen LogP) is 3.46. The summed E-state index contributed by atoms with van der Waals surface area (Å²) in [6.07, 6.45) is -0.367.